The molecule has 0 aliphatic rings. The van der Waals surface area contributed by atoms with Crippen molar-refractivity contribution in [2.24, 2.45) is 5.10 Å². The van der Waals surface area contributed by atoms with Crippen LogP contribution in [0, 0.1) is 15.9 Å². The average molecular weight is 456 g/mol. The Morgan fingerprint density at radius 3 is 2.34 bits per heavy atom. The lowest BCUT2D eigenvalue weighted by Crippen LogP contribution is -2.40. The lowest BCUT2D eigenvalue weighted by molar-refractivity contribution is -0.385. The zero-order valence-corrected chi connectivity index (χ0v) is 17.3. The second-order valence-electron chi connectivity index (χ2n) is 6.39. The summed E-state index contributed by atoms with van der Waals surface area (Å²) in [7, 11) is -4.28. The van der Waals surface area contributed by atoms with Crippen molar-refractivity contribution in [3.05, 3.63) is 100 Å². The molecule has 9 nitrogen and oxygen atoms in total. The maximum Gasteiger partial charge on any atom is 0.278 e. The van der Waals surface area contributed by atoms with Crippen LogP contribution in [-0.4, -0.2) is 32.0 Å². The highest BCUT2D eigenvalue weighted by molar-refractivity contribution is 7.92. The highest BCUT2D eigenvalue weighted by Crippen LogP contribution is 2.26. The maximum absolute atomic E-state index is 14.4. The van der Waals surface area contributed by atoms with E-state index in [1.165, 1.54) is 60.7 Å². The summed E-state index contributed by atoms with van der Waals surface area (Å²) in [5, 5.41) is 14.7. The molecule has 3 aromatic rings. The molecule has 0 saturated carbocycles. The second-order valence-corrected chi connectivity index (χ2v) is 8.25. The van der Waals surface area contributed by atoms with E-state index in [9.17, 15) is 27.7 Å². The molecular formula is C21H17FN4O5S. The highest BCUT2D eigenvalue weighted by Gasteiger charge is 2.29. The number of nitro benzene ring substituents is 1. The second kappa shape index (κ2) is 9.79. The van der Waals surface area contributed by atoms with Gasteiger partial charge in [-0.3, -0.25) is 19.2 Å². The zero-order chi connectivity index (χ0) is 23.1. The van der Waals surface area contributed by atoms with Crippen LogP contribution < -0.4 is 9.73 Å². The van der Waals surface area contributed by atoms with Gasteiger partial charge >= 0.3 is 0 Å². The summed E-state index contributed by atoms with van der Waals surface area (Å²) in [4.78, 5) is 22.8. The van der Waals surface area contributed by atoms with E-state index in [1.54, 1.807) is 12.1 Å². The first-order chi connectivity index (χ1) is 15.3. The number of amides is 1. The first-order valence-electron chi connectivity index (χ1n) is 9.18. The summed E-state index contributed by atoms with van der Waals surface area (Å²) < 4.78 is 41.2. The van der Waals surface area contributed by atoms with E-state index >= 15 is 0 Å². The molecule has 0 saturated heterocycles. The maximum atomic E-state index is 14.4. The number of nitro groups is 1. The topological polar surface area (TPSA) is 122 Å². The molecule has 0 aliphatic heterocycles. The summed E-state index contributed by atoms with van der Waals surface area (Å²) in [6, 6.07) is 18.2. The molecule has 32 heavy (non-hydrogen) atoms. The molecule has 3 rings (SSSR count). The van der Waals surface area contributed by atoms with Gasteiger partial charge in [-0.2, -0.15) is 5.10 Å². The van der Waals surface area contributed by atoms with Crippen molar-refractivity contribution in [2.75, 3.05) is 10.8 Å². The van der Waals surface area contributed by atoms with Gasteiger partial charge in [0.05, 0.1) is 27.3 Å². The minimum absolute atomic E-state index is 0.125. The van der Waals surface area contributed by atoms with Crippen LogP contribution in [0.1, 0.15) is 5.56 Å². The molecular weight excluding hydrogens is 439 g/mol. The van der Waals surface area contributed by atoms with Gasteiger partial charge in [-0.05, 0) is 30.3 Å². The molecule has 0 bridgehead atoms. The summed E-state index contributed by atoms with van der Waals surface area (Å²) in [6.45, 7) is -0.771. The van der Waals surface area contributed by atoms with Crippen molar-refractivity contribution in [3.8, 4) is 0 Å². The number of carbonyl (C=O) groups excluding carboxylic acids is 1. The number of nitrogens with zero attached hydrogens (tertiary/aromatic N) is 3. The smallest absolute Gasteiger partial charge is 0.271 e. The van der Waals surface area contributed by atoms with Gasteiger partial charge in [-0.25, -0.2) is 18.2 Å². The zero-order valence-electron chi connectivity index (χ0n) is 16.5. The Bertz CT molecular complexity index is 1270. The Morgan fingerprint density at radius 1 is 1.03 bits per heavy atom. The minimum atomic E-state index is -4.28. The molecule has 0 aliphatic carbocycles. The monoisotopic (exact) mass is 456 g/mol. The summed E-state index contributed by atoms with van der Waals surface area (Å²) in [5.41, 5.74) is 1.73. The quantitative estimate of drug-likeness (QED) is 0.317. The molecule has 1 N–H and O–H groups in total. The molecule has 164 valence electrons. The Hall–Kier alpha value is -4.12. The normalized spacial score (nSPS) is 11.3. The van der Waals surface area contributed by atoms with Crippen molar-refractivity contribution in [1.29, 1.82) is 0 Å². The van der Waals surface area contributed by atoms with Gasteiger partial charge in [0, 0.05) is 6.07 Å². The Morgan fingerprint density at radius 2 is 1.66 bits per heavy atom. The largest absolute Gasteiger partial charge is 0.278 e. The van der Waals surface area contributed by atoms with E-state index < -0.39 is 33.2 Å². The van der Waals surface area contributed by atoms with Crippen LogP contribution in [0.25, 0.3) is 0 Å². The summed E-state index contributed by atoms with van der Waals surface area (Å²) in [5.74, 6) is -1.70. The van der Waals surface area contributed by atoms with Gasteiger partial charge in [-0.1, -0.05) is 42.5 Å². The molecule has 0 atom stereocenters. The number of carbonyl (C=O) groups is 1. The van der Waals surface area contributed by atoms with E-state index in [0.29, 0.717) is 4.31 Å². The van der Waals surface area contributed by atoms with Crippen molar-refractivity contribution in [2.45, 2.75) is 4.90 Å². The summed E-state index contributed by atoms with van der Waals surface area (Å²) >= 11 is 0. The van der Waals surface area contributed by atoms with E-state index in [-0.39, 0.29) is 21.8 Å². The highest BCUT2D eigenvalue weighted by atomic mass is 32.2. The fourth-order valence-electron chi connectivity index (χ4n) is 2.78. The third-order valence-electron chi connectivity index (χ3n) is 4.27. The number of benzene rings is 3. The molecule has 0 radical (unpaired) electrons. The fourth-order valence-corrected chi connectivity index (χ4v) is 4.23. The van der Waals surface area contributed by atoms with Gasteiger partial charge in [0.1, 0.15) is 12.4 Å². The van der Waals surface area contributed by atoms with E-state index in [2.05, 4.69) is 10.5 Å². The number of rotatable bonds is 8. The van der Waals surface area contributed by atoms with Crippen molar-refractivity contribution in [3.63, 3.8) is 0 Å². The van der Waals surface area contributed by atoms with Crippen LogP contribution in [0.2, 0.25) is 0 Å². The number of hydrogen-bond donors (Lipinski definition) is 1. The predicted molar refractivity (Wildman–Crippen MR) is 116 cm³/mol. The SMILES string of the molecule is O=C(CN(c1ccccc1F)S(=O)(=O)c1ccccc1)N/N=C\c1ccccc1[N+](=O)[O-]. The number of halogens is 1. The van der Waals surface area contributed by atoms with Crippen LogP contribution in [0.4, 0.5) is 15.8 Å². The lowest BCUT2D eigenvalue weighted by Gasteiger charge is -2.24. The van der Waals surface area contributed by atoms with Crippen LogP contribution in [-0.2, 0) is 14.8 Å². The standard InChI is InChI=1S/C21H17FN4O5S/c22-18-11-5-7-13-20(18)25(32(30,31)17-9-2-1-3-10-17)15-21(27)24-23-14-16-8-4-6-12-19(16)26(28)29/h1-14H,15H2,(H,24,27)/b23-14-. The van der Waals surface area contributed by atoms with Gasteiger partial charge in [0.2, 0.25) is 0 Å². The molecule has 0 aromatic heterocycles. The first kappa shape index (κ1) is 22.6. The van der Waals surface area contributed by atoms with Crippen LogP contribution in [0.15, 0.2) is 88.9 Å². The number of para-hydroxylation sites is 2. The molecule has 1 amide bonds. The molecule has 0 heterocycles. The molecule has 0 spiro atoms. The third kappa shape index (κ3) is 5.13. The van der Waals surface area contributed by atoms with Gasteiger partial charge < -0.3 is 0 Å². The van der Waals surface area contributed by atoms with Gasteiger partial charge in [0.25, 0.3) is 21.6 Å². The predicted octanol–water partition coefficient (Wildman–Crippen LogP) is 3.08. The Kier molecular flexibility index (Phi) is 6.90. The first-order valence-corrected chi connectivity index (χ1v) is 10.6. The number of anilines is 1. The van der Waals surface area contributed by atoms with Crippen molar-refractivity contribution in [1.82, 2.24) is 5.43 Å². The third-order valence-corrected chi connectivity index (χ3v) is 6.04. The van der Waals surface area contributed by atoms with Crippen molar-refractivity contribution < 1.29 is 22.5 Å². The van der Waals surface area contributed by atoms with Crippen LogP contribution in [0.5, 0.6) is 0 Å². The molecule has 3 aromatic carbocycles. The van der Waals surface area contributed by atoms with Crippen LogP contribution in [0.3, 0.4) is 0 Å². The number of hydrazone groups is 1. The Balaban J connectivity index is 1.85. The number of sulfonamides is 1. The Labute approximate surface area is 183 Å². The van der Waals surface area contributed by atoms with Crippen LogP contribution >= 0.6 is 0 Å². The molecule has 0 fully saturated rings. The lowest BCUT2D eigenvalue weighted by atomic mass is 10.2. The van der Waals surface area contributed by atoms with E-state index in [4.69, 9.17) is 0 Å². The number of nitrogens with one attached hydrogen (secondary N) is 1. The van der Waals surface area contributed by atoms with Gasteiger partial charge in [0.15, 0.2) is 0 Å². The number of hydrogen-bond acceptors (Lipinski definition) is 6. The molecule has 0 unspecified atom stereocenters. The van der Waals surface area contributed by atoms with Crippen molar-refractivity contribution >= 4 is 33.5 Å². The average Bonchev–Trinajstić information content (AvgIpc) is 2.79. The molecule has 11 heteroatoms. The van der Waals surface area contributed by atoms with E-state index in [0.717, 1.165) is 12.3 Å². The fraction of sp³-hybridized carbons (Fsp3) is 0.0476. The summed E-state index contributed by atoms with van der Waals surface area (Å²) in [6.07, 6.45) is 1.06. The van der Waals surface area contributed by atoms with Gasteiger partial charge in [-0.15, -0.1) is 0 Å². The van der Waals surface area contributed by atoms with E-state index in [1.807, 2.05) is 0 Å². The minimum Gasteiger partial charge on any atom is -0.271 e.